The summed E-state index contributed by atoms with van der Waals surface area (Å²) in [4.78, 5) is 2.90. The van der Waals surface area contributed by atoms with E-state index in [1.165, 1.54) is 22.4 Å². The van der Waals surface area contributed by atoms with Gasteiger partial charge in [0.1, 0.15) is 11.5 Å². The van der Waals surface area contributed by atoms with Crippen molar-refractivity contribution in [1.82, 2.24) is 4.90 Å². The number of nitrogens with zero attached hydrogens (tertiary/aromatic N) is 3. The van der Waals surface area contributed by atoms with Crippen LogP contribution in [-0.2, 0) is 4.74 Å². The van der Waals surface area contributed by atoms with Gasteiger partial charge in [0.25, 0.3) is 5.76 Å². The summed E-state index contributed by atoms with van der Waals surface area (Å²) in [7, 11) is 0. The van der Waals surface area contributed by atoms with Crippen molar-refractivity contribution in [1.29, 1.82) is 0 Å². The fourth-order valence-electron chi connectivity index (χ4n) is 4.49. The second-order valence-electron chi connectivity index (χ2n) is 8.65. The van der Waals surface area contributed by atoms with Gasteiger partial charge in [-0.3, -0.25) is 0 Å². The molecule has 8 heteroatoms. The largest absolute Gasteiger partial charge is 0.455 e. The first-order chi connectivity index (χ1) is 18.2. The first kappa shape index (κ1) is 25.2. The topological polar surface area (TPSA) is 50.3 Å². The van der Waals surface area contributed by atoms with E-state index in [0.29, 0.717) is 28.2 Å². The molecule has 37 heavy (non-hydrogen) atoms. The van der Waals surface area contributed by atoms with Crippen molar-refractivity contribution in [2.24, 2.45) is 10.2 Å². The van der Waals surface area contributed by atoms with Gasteiger partial charge in [-0.1, -0.05) is 54.2 Å². The molecule has 1 saturated heterocycles. The van der Waals surface area contributed by atoms with E-state index in [9.17, 15) is 8.78 Å². The van der Waals surface area contributed by atoms with Crippen LogP contribution >= 0.6 is 11.8 Å². The highest BCUT2D eigenvalue weighted by atomic mass is 32.2. The fourth-order valence-corrected chi connectivity index (χ4v) is 4.99. The standard InChI is InChI=1S/C29H27F2N3O2S/c30-29(31)37-26-11-8-22(9-12-26)27-13-10-25(36-27)20-33-32-19-24-7-6-23(18-21-4-2-1-3-5-21)28(24)34-14-16-35-17-15-34/h1-5,8-13,18-20,29H,6-7,14-17H2/b23-18+,32-19-,33-20-. The average Bonchev–Trinajstić information content (AvgIpc) is 3.55. The van der Waals surface area contributed by atoms with E-state index in [-0.39, 0.29) is 0 Å². The zero-order valence-electron chi connectivity index (χ0n) is 20.2. The van der Waals surface area contributed by atoms with Gasteiger partial charge in [-0.15, -0.1) is 0 Å². The number of rotatable bonds is 8. The van der Waals surface area contributed by atoms with E-state index in [1.54, 1.807) is 30.5 Å². The molecular weight excluding hydrogens is 492 g/mol. The average molecular weight is 520 g/mol. The minimum absolute atomic E-state index is 0.515. The maximum Gasteiger partial charge on any atom is 0.288 e. The summed E-state index contributed by atoms with van der Waals surface area (Å²) in [5.41, 5.74) is 5.72. The lowest BCUT2D eigenvalue weighted by Crippen LogP contribution is -2.36. The summed E-state index contributed by atoms with van der Waals surface area (Å²) in [5, 5.41) is 8.54. The molecule has 3 aromatic rings. The Morgan fingerprint density at radius 3 is 2.38 bits per heavy atom. The van der Waals surface area contributed by atoms with Gasteiger partial charge in [-0.05, 0) is 59.9 Å². The maximum absolute atomic E-state index is 12.5. The second-order valence-corrected chi connectivity index (χ2v) is 9.71. The molecule has 1 aromatic heterocycles. The Bertz CT molecular complexity index is 1310. The van der Waals surface area contributed by atoms with Crippen LogP contribution < -0.4 is 0 Å². The number of ether oxygens (including phenoxy) is 1. The first-order valence-electron chi connectivity index (χ1n) is 12.2. The maximum atomic E-state index is 12.5. The van der Waals surface area contributed by atoms with Crippen LogP contribution in [0.25, 0.3) is 17.4 Å². The molecule has 0 radical (unpaired) electrons. The lowest BCUT2D eigenvalue weighted by atomic mass is 10.1. The lowest BCUT2D eigenvalue weighted by molar-refractivity contribution is 0.0548. The molecule has 0 unspecified atom stereocenters. The summed E-state index contributed by atoms with van der Waals surface area (Å²) in [6.07, 6.45) is 7.55. The summed E-state index contributed by atoms with van der Waals surface area (Å²) in [6, 6.07) is 20.9. The third kappa shape index (κ3) is 6.64. The molecule has 0 atom stereocenters. The number of alkyl halides is 2. The van der Waals surface area contributed by atoms with Crippen molar-refractivity contribution in [3.63, 3.8) is 0 Å². The molecule has 2 aliphatic rings. The van der Waals surface area contributed by atoms with Gasteiger partial charge >= 0.3 is 0 Å². The second kappa shape index (κ2) is 12.2. The SMILES string of the molecule is FC(F)Sc1ccc(-c2ccc(/C=N\N=C/C3=C(N4CCOCC4)C(=C/c4ccccc4)/CC3)o2)cc1. The van der Waals surface area contributed by atoms with Crippen molar-refractivity contribution in [3.05, 3.63) is 94.9 Å². The van der Waals surface area contributed by atoms with Crippen LogP contribution in [0.1, 0.15) is 24.2 Å². The number of halogens is 2. The van der Waals surface area contributed by atoms with Gasteiger partial charge in [-0.25, -0.2) is 0 Å². The smallest absolute Gasteiger partial charge is 0.288 e. The molecule has 1 fully saturated rings. The van der Waals surface area contributed by atoms with Crippen LogP contribution in [-0.4, -0.2) is 49.4 Å². The highest BCUT2D eigenvalue weighted by Gasteiger charge is 2.25. The summed E-state index contributed by atoms with van der Waals surface area (Å²) in [6.45, 7) is 3.16. The fraction of sp³-hybridized carbons (Fsp3) is 0.241. The van der Waals surface area contributed by atoms with E-state index in [2.05, 4.69) is 45.4 Å². The molecule has 0 bridgehead atoms. The van der Waals surface area contributed by atoms with Crippen LogP contribution in [0.2, 0.25) is 0 Å². The monoisotopic (exact) mass is 519 g/mol. The molecule has 190 valence electrons. The highest BCUT2D eigenvalue weighted by Crippen LogP contribution is 2.35. The zero-order chi connectivity index (χ0) is 25.5. The van der Waals surface area contributed by atoms with E-state index >= 15 is 0 Å². The number of morpholine rings is 1. The Hall–Kier alpha value is -3.49. The predicted molar refractivity (Wildman–Crippen MR) is 145 cm³/mol. The summed E-state index contributed by atoms with van der Waals surface area (Å²) in [5.74, 6) is -1.23. The molecule has 5 rings (SSSR count). The van der Waals surface area contributed by atoms with Crippen molar-refractivity contribution >= 4 is 30.3 Å². The molecule has 1 aliphatic heterocycles. The quantitative estimate of drug-likeness (QED) is 0.180. The number of allylic oxidation sites excluding steroid dienone is 2. The molecule has 2 heterocycles. The van der Waals surface area contributed by atoms with Crippen molar-refractivity contribution < 1.29 is 17.9 Å². The predicted octanol–water partition coefficient (Wildman–Crippen LogP) is 7.13. The Morgan fingerprint density at radius 2 is 1.62 bits per heavy atom. The first-order valence-corrected chi connectivity index (χ1v) is 13.1. The van der Waals surface area contributed by atoms with E-state index in [1.807, 2.05) is 24.4 Å². The number of thioether (sulfide) groups is 1. The Morgan fingerprint density at radius 1 is 0.865 bits per heavy atom. The normalized spacial score (nSPS) is 17.8. The molecule has 5 nitrogen and oxygen atoms in total. The Kier molecular flexibility index (Phi) is 8.28. The van der Waals surface area contributed by atoms with Crippen LogP contribution in [0.5, 0.6) is 0 Å². The third-order valence-corrected chi connectivity index (χ3v) is 6.92. The molecular formula is C29H27F2N3O2S. The van der Waals surface area contributed by atoms with E-state index in [4.69, 9.17) is 9.15 Å². The zero-order valence-corrected chi connectivity index (χ0v) is 21.0. The minimum atomic E-state index is -2.44. The number of furan rings is 1. The number of benzene rings is 2. The van der Waals surface area contributed by atoms with Crippen molar-refractivity contribution in [3.8, 4) is 11.3 Å². The third-order valence-electron chi connectivity index (χ3n) is 6.20. The van der Waals surface area contributed by atoms with Crippen LogP contribution in [0, 0.1) is 0 Å². The van der Waals surface area contributed by atoms with Crippen LogP contribution in [0.15, 0.2) is 103 Å². The summed E-state index contributed by atoms with van der Waals surface area (Å²) < 4.78 is 36.5. The highest BCUT2D eigenvalue weighted by molar-refractivity contribution is 7.99. The minimum Gasteiger partial charge on any atom is -0.455 e. The van der Waals surface area contributed by atoms with Gasteiger partial charge < -0.3 is 14.1 Å². The Balaban J connectivity index is 1.30. The van der Waals surface area contributed by atoms with Gasteiger partial charge in [0.05, 0.1) is 25.6 Å². The molecule has 0 saturated carbocycles. The van der Waals surface area contributed by atoms with Crippen molar-refractivity contribution in [2.45, 2.75) is 23.5 Å². The van der Waals surface area contributed by atoms with Gasteiger partial charge in [-0.2, -0.15) is 19.0 Å². The van der Waals surface area contributed by atoms with E-state index in [0.717, 1.165) is 44.7 Å². The number of hydrogen-bond donors (Lipinski definition) is 0. The molecule has 0 N–H and O–H groups in total. The van der Waals surface area contributed by atoms with Crippen molar-refractivity contribution in [2.75, 3.05) is 26.3 Å². The molecule has 0 spiro atoms. The molecule has 2 aromatic carbocycles. The van der Waals surface area contributed by atoms with E-state index < -0.39 is 5.76 Å². The lowest BCUT2D eigenvalue weighted by Gasteiger charge is -2.31. The van der Waals surface area contributed by atoms with Gasteiger partial charge in [0.2, 0.25) is 0 Å². The number of hydrogen-bond acceptors (Lipinski definition) is 6. The molecule has 0 amide bonds. The van der Waals surface area contributed by atoms with Gasteiger partial charge in [0.15, 0.2) is 0 Å². The van der Waals surface area contributed by atoms with Crippen LogP contribution in [0.3, 0.4) is 0 Å². The Labute approximate surface area is 219 Å². The summed E-state index contributed by atoms with van der Waals surface area (Å²) >= 11 is 0.523. The van der Waals surface area contributed by atoms with Crippen LogP contribution in [0.4, 0.5) is 8.78 Å². The van der Waals surface area contributed by atoms with Gasteiger partial charge in [0, 0.05) is 29.2 Å². The molecule has 1 aliphatic carbocycles.